The van der Waals surface area contributed by atoms with Crippen LogP contribution >= 0.6 is 22.9 Å². The van der Waals surface area contributed by atoms with Gasteiger partial charge in [0.1, 0.15) is 23.7 Å². The summed E-state index contributed by atoms with van der Waals surface area (Å²) in [5.74, 6) is 0.657. The van der Waals surface area contributed by atoms with Crippen molar-refractivity contribution in [3.05, 3.63) is 57.4 Å². The summed E-state index contributed by atoms with van der Waals surface area (Å²) in [5.41, 5.74) is -0.174. The number of nitrogens with one attached hydrogen (secondary N) is 1. The number of piperidine rings is 1. The standard InChI is InChI=1S/C21H23ClN4O3S/c22-15-1-3-17(4-2-15)29-11-10-25-8-5-16(6-9-25)24-19(27)13-26-14-23-20-18(21(26)28)7-12-30-20/h1-4,7,12,14,16H,5-6,8-11,13H2,(H,24,27). The summed E-state index contributed by atoms with van der Waals surface area (Å²) in [4.78, 5) is 32.1. The Morgan fingerprint density at radius 2 is 2.00 bits per heavy atom. The lowest BCUT2D eigenvalue weighted by molar-refractivity contribution is -0.122. The van der Waals surface area contributed by atoms with Crippen molar-refractivity contribution in [2.45, 2.75) is 25.4 Å². The van der Waals surface area contributed by atoms with Crippen molar-refractivity contribution >= 4 is 39.1 Å². The fraction of sp³-hybridized carbons (Fsp3) is 0.381. The fourth-order valence-corrected chi connectivity index (χ4v) is 4.41. The second kappa shape index (κ2) is 9.59. The number of ether oxygens (including phenoxy) is 1. The third kappa shape index (κ3) is 5.19. The van der Waals surface area contributed by atoms with Crippen LogP contribution in [0.5, 0.6) is 5.75 Å². The van der Waals surface area contributed by atoms with Crippen LogP contribution in [0.3, 0.4) is 0 Å². The molecular formula is C21H23ClN4O3S. The highest BCUT2D eigenvalue weighted by atomic mass is 35.5. The predicted octanol–water partition coefficient (Wildman–Crippen LogP) is 2.77. The second-order valence-electron chi connectivity index (χ2n) is 7.30. The quantitative estimate of drug-likeness (QED) is 0.604. The van der Waals surface area contributed by atoms with Crippen LogP contribution in [0.25, 0.3) is 10.2 Å². The topological polar surface area (TPSA) is 76.5 Å². The van der Waals surface area contributed by atoms with Crippen LogP contribution in [0, 0.1) is 0 Å². The molecule has 0 spiro atoms. The van der Waals surface area contributed by atoms with E-state index in [1.807, 2.05) is 29.6 Å². The Labute approximate surface area is 183 Å². The molecule has 0 unspecified atom stereocenters. The largest absolute Gasteiger partial charge is 0.492 e. The Bertz CT molecular complexity index is 1060. The predicted molar refractivity (Wildman–Crippen MR) is 118 cm³/mol. The van der Waals surface area contributed by atoms with Crippen LogP contribution in [0.15, 0.2) is 46.8 Å². The van der Waals surface area contributed by atoms with Crippen molar-refractivity contribution in [3.8, 4) is 5.75 Å². The van der Waals surface area contributed by atoms with Gasteiger partial charge in [0, 0.05) is 30.7 Å². The minimum Gasteiger partial charge on any atom is -0.492 e. The van der Waals surface area contributed by atoms with E-state index in [9.17, 15) is 9.59 Å². The van der Waals surface area contributed by atoms with E-state index in [1.165, 1.54) is 22.2 Å². The molecule has 7 nitrogen and oxygen atoms in total. The van der Waals surface area contributed by atoms with E-state index in [-0.39, 0.29) is 24.1 Å². The van der Waals surface area contributed by atoms with Crippen LogP contribution in [0.1, 0.15) is 12.8 Å². The number of rotatable bonds is 7. The number of hydrogen-bond donors (Lipinski definition) is 1. The summed E-state index contributed by atoms with van der Waals surface area (Å²) >= 11 is 7.29. The lowest BCUT2D eigenvalue weighted by Gasteiger charge is -2.32. The lowest BCUT2D eigenvalue weighted by atomic mass is 10.1. The van der Waals surface area contributed by atoms with Crippen molar-refractivity contribution < 1.29 is 9.53 Å². The van der Waals surface area contributed by atoms with Gasteiger partial charge in [-0.05, 0) is 48.6 Å². The van der Waals surface area contributed by atoms with Gasteiger partial charge in [0.25, 0.3) is 5.56 Å². The van der Waals surface area contributed by atoms with Gasteiger partial charge in [0.2, 0.25) is 5.91 Å². The molecule has 1 saturated heterocycles. The SMILES string of the molecule is O=C(Cn1cnc2sccc2c1=O)NC1CCN(CCOc2ccc(Cl)cc2)CC1. The van der Waals surface area contributed by atoms with Crippen LogP contribution in [-0.4, -0.2) is 52.6 Å². The van der Waals surface area contributed by atoms with E-state index >= 15 is 0 Å². The number of hydrogen-bond acceptors (Lipinski definition) is 6. The van der Waals surface area contributed by atoms with Crippen LogP contribution in [-0.2, 0) is 11.3 Å². The maximum Gasteiger partial charge on any atom is 0.262 e. The highest BCUT2D eigenvalue weighted by molar-refractivity contribution is 7.16. The summed E-state index contributed by atoms with van der Waals surface area (Å²) in [6, 6.07) is 9.22. The monoisotopic (exact) mass is 446 g/mol. The molecule has 3 aromatic rings. The van der Waals surface area contributed by atoms with Crippen molar-refractivity contribution in [2.75, 3.05) is 26.2 Å². The highest BCUT2D eigenvalue weighted by Gasteiger charge is 2.21. The molecule has 0 bridgehead atoms. The van der Waals surface area contributed by atoms with E-state index in [1.54, 1.807) is 6.07 Å². The number of aromatic nitrogens is 2. The number of carbonyl (C=O) groups excluding carboxylic acids is 1. The molecule has 1 aromatic carbocycles. The van der Waals surface area contributed by atoms with Gasteiger partial charge in [-0.25, -0.2) is 4.98 Å². The maximum atomic E-state index is 12.4. The maximum absolute atomic E-state index is 12.4. The first kappa shape index (κ1) is 20.8. The average Bonchev–Trinajstić information content (AvgIpc) is 3.23. The van der Waals surface area contributed by atoms with Gasteiger partial charge < -0.3 is 10.1 Å². The summed E-state index contributed by atoms with van der Waals surface area (Å²) in [6.07, 6.45) is 3.21. The molecule has 3 heterocycles. The van der Waals surface area contributed by atoms with Crippen molar-refractivity contribution in [1.82, 2.24) is 19.8 Å². The smallest absolute Gasteiger partial charge is 0.262 e. The number of fused-ring (bicyclic) bond motifs is 1. The molecule has 0 radical (unpaired) electrons. The summed E-state index contributed by atoms with van der Waals surface area (Å²) in [5, 5.41) is 6.13. The summed E-state index contributed by atoms with van der Waals surface area (Å²) < 4.78 is 7.12. The molecule has 1 N–H and O–H groups in total. The zero-order valence-corrected chi connectivity index (χ0v) is 18.0. The molecule has 1 aliphatic rings. The number of likely N-dealkylation sites (tertiary alicyclic amines) is 1. The van der Waals surface area contributed by atoms with Crippen LogP contribution in [0.2, 0.25) is 5.02 Å². The Kier molecular flexibility index (Phi) is 6.66. The number of halogens is 1. The number of benzene rings is 1. The second-order valence-corrected chi connectivity index (χ2v) is 8.63. The van der Waals surface area contributed by atoms with Gasteiger partial charge in [-0.1, -0.05) is 11.6 Å². The molecule has 2 aromatic heterocycles. The first-order valence-corrected chi connectivity index (χ1v) is 11.2. The minimum absolute atomic E-state index is 0.00718. The van der Waals surface area contributed by atoms with Crippen molar-refractivity contribution in [1.29, 1.82) is 0 Å². The van der Waals surface area contributed by atoms with Crippen molar-refractivity contribution in [3.63, 3.8) is 0 Å². The number of amides is 1. The van der Waals surface area contributed by atoms with Gasteiger partial charge in [-0.2, -0.15) is 0 Å². The zero-order chi connectivity index (χ0) is 20.9. The van der Waals surface area contributed by atoms with E-state index in [2.05, 4.69) is 15.2 Å². The number of nitrogens with zero attached hydrogens (tertiary/aromatic N) is 3. The third-order valence-electron chi connectivity index (χ3n) is 5.21. The molecule has 9 heteroatoms. The van der Waals surface area contributed by atoms with Crippen LogP contribution in [0.4, 0.5) is 0 Å². The Morgan fingerprint density at radius 3 is 2.77 bits per heavy atom. The molecule has 4 rings (SSSR count). The minimum atomic E-state index is -0.174. The Morgan fingerprint density at radius 1 is 1.23 bits per heavy atom. The van der Waals surface area contributed by atoms with Gasteiger partial charge in [-0.3, -0.25) is 19.1 Å². The summed E-state index contributed by atoms with van der Waals surface area (Å²) in [6.45, 7) is 3.24. The Hall–Kier alpha value is -2.42. The molecule has 30 heavy (non-hydrogen) atoms. The van der Waals surface area contributed by atoms with Crippen LogP contribution < -0.4 is 15.6 Å². The van der Waals surface area contributed by atoms with Gasteiger partial charge in [0.15, 0.2) is 0 Å². The molecule has 0 atom stereocenters. The van der Waals surface area contributed by atoms with E-state index in [0.717, 1.165) is 38.2 Å². The average molecular weight is 447 g/mol. The van der Waals surface area contributed by atoms with Crippen molar-refractivity contribution in [2.24, 2.45) is 0 Å². The molecule has 0 aliphatic carbocycles. The number of carbonyl (C=O) groups is 1. The molecule has 1 aliphatic heterocycles. The van der Waals surface area contributed by atoms with Gasteiger partial charge in [-0.15, -0.1) is 11.3 Å². The Balaban J connectivity index is 1.19. The third-order valence-corrected chi connectivity index (χ3v) is 6.28. The highest BCUT2D eigenvalue weighted by Crippen LogP contribution is 2.16. The first-order valence-electron chi connectivity index (χ1n) is 9.91. The first-order chi connectivity index (χ1) is 14.6. The normalized spacial score (nSPS) is 15.4. The molecule has 1 amide bonds. The van der Waals surface area contributed by atoms with Gasteiger partial charge >= 0.3 is 0 Å². The number of thiophene rings is 1. The zero-order valence-electron chi connectivity index (χ0n) is 16.4. The van der Waals surface area contributed by atoms with Gasteiger partial charge in [0.05, 0.1) is 11.7 Å². The fourth-order valence-electron chi connectivity index (χ4n) is 3.56. The van der Waals surface area contributed by atoms with E-state index in [4.69, 9.17) is 16.3 Å². The molecule has 1 fully saturated rings. The molecule has 158 valence electrons. The molecular weight excluding hydrogens is 424 g/mol. The lowest BCUT2D eigenvalue weighted by Crippen LogP contribution is -2.46. The van der Waals surface area contributed by atoms with E-state index in [0.29, 0.717) is 21.8 Å². The van der Waals surface area contributed by atoms with E-state index < -0.39 is 0 Å². The summed E-state index contributed by atoms with van der Waals surface area (Å²) in [7, 11) is 0. The molecule has 0 saturated carbocycles.